The van der Waals surface area contributed by atoms with Crippen LogP contribution in [0.2, 0.25) is 0 Å². The third-order valence-corrected chi connectivity index (χ3v) is 2.25. The number of hydrogen-bond donors (Lipinski definition) is 0. The van der Waals surface area contributed by atoms with Crippen LogP contribution < -0.4 is 10.6 Å². The van der Waals surface area contributed by atoms with Crippen LogP contribution in [0.4, 0.5) is 0 Å². The van der Waals surface area contributed by atoms with Crippen LogP contribution in [0.1, 0.15) is 23.8 Å². The van der Waals surface area contributed by atoms with Gasteiger partial charge in [-0.05, 0) is 23.6 Å². The van der Waals surface area contributed by atoms with Crippen molar-refractivity contribution in [1.82, 2.24) is 4.98 Å². The van der Waals surface area contributed by atoms with Crippen LogP contribution in [0.15, 0.2) is 12.1 Å². The number of aldehydes is 1. The summed E-state index contributed by atoms with van der Waals surface area (Å²) in [4.78, 5) is 14.7. The average Bonchev–Trinajstić information content (AvgIpc) is 2.17. The van der Waals surface area contributed by atoms with Crippen molar-refractivity contribution in [3.8, 4) is 0 Å². The molecule has 2 nitrogen and oxygen atoms in total. The number of pyridine rings is 1. The summed E-state index contributed by atoms with van der Waals surface area (Å²) in [5.41, 5.74) is 0.512. The molecule has 0 spiro atoms. The molecule has 0 aromatic carbocycles. The van der Waals surface area contributed by atoms with Crippen LogP contribution in [0.5, 0.6) is 0 Å². The van der Waals surface area contributed by atoms with E-state index in [9.17, 15) is 4.79 Å². The summed E-state index contributed by atoms with van der Waals surface area (Å²) < 4.78 is 0. The molecule has 2 heteroatoms. The topological polar surface area (TPSA) is 30.0 Å². The van der Waals surface area contributed by atoms with Crippen molar-refractivity contribution in [3.63, 3.8) is 0 Å². The molecule has 13 heavy (non-hydrogen) atoms. The maximum atomic E-state index is 10.5. The second-order valence-electron chi connectivity index (χ2n) is 3.41. The maximum Gasteiger partial charge on any atom is 0.168 e. The minimum atomic E-state index is 0.512. The first kappa shape index (κ1) is 8.17. The van der Waals surface area contributed by atoms with Crippen LogP contribution in [-0.2, 0) is 0 Å². The Balaban J connectivity index is 2.67. The molecule has 1 aromatic heterocycles. The molecule has 0 bridgehead atoms. The Hall–Kier alpha value is -1.44. The SMILES string of the molecule is CC1C=c2ccc(C=O)nc2=CC1. The van der Waals surface area contributed by atoms with Gasteiger partial charge in [-0.25, -0.2) is 4.98 Å². The van der Waals surface area contributed by atoms with Gasteiger partial charge in [0.1, 0.15) is 5.69 Å². The standard InChI is InChI=1S/C11H11NO/c1-8-2-5-11-9(6-8)3-4-10(7-13)12-11/h3-8H,2H2,1H3. The monoisotopic (exact) mass is 173 g/mol. The number of nitrogens with zero attached hydrogens (tertiary/aromatic N) is 1. The molecule has 0 saturated heterocycles. The number of carbonyl (C=O) groups excluding carboxylic acids is 1. The van der Waals surface area contributed by atoms with Crippen LogP contribution in [0.3, 0.4) is 0 Å². The van der Waals surface area contributed by atoms with E-state index in [1.165, 1.54) is 0 Å². The normalized spacial score (nSPS) is 19.6. The third kappa shape index (κ3) is 1.52. The molecule has 0 fully saturated rings. The first-order valence-electron chi connectivity index (χ1n) is 4.44. The van der Waals surface area contributed by atoms with Crippen LogP contribution in [0, 0.1) is 5.92 Å². The van der Waals surface area contributed by atoms with Crippen molar-refractivity contribution in [1.29, 1.82) is 0 Å². The van der Waals surface area contributed by atoms with Crippen LogP contribution >= 0.6 is 0 Å². The van der Waals surface area contributed by atoms with Crippen LogP contribution in [0.25, 0.3) is 12.2 Å². The zero-order chi connectivity index (χ0) is 9.26. The first-order valence-corrected chi connectivity index (χ1v) is 4.44. The predicted molar refractivity (Wildman–Crippen MR) is 51.6 cm³/mol. The van der Waals surface area contributed by atoms with E-state index in [1.54, 1.807) is 6.07 Å². The highest BCUT2D eigenvalue weighted by Crippen LogP contribution is 2.05. The smallest absolute Gasteiger partial charge is 0.168 e. The van der Waals surface area contributed by atoms with E-state index in [1.807, 2.05) is 6.07 Å². The fourth-order valence-electron chi connectivity index (χ4n) is 1.54. The minimum absolute atomic E-state index is 0.512. The van der Waals surface area contributed by atoms with Gasteiger partial charge in [0.2, 0.25) is 0 Å². The van der Waals surface area contributed by atoms with E-state index in [2.05, 4.69) is 24.1 Å². The zero-order valence-electron chi connectivity index (χ0n) is 7.53. The van der Waals surface area contributed by atoms with Gasteiger partial charge in [-0.15, -0.1) is 0 Å². The van der Waals surface area contributed by atoms with Crippen molar-refractivity contribution in [2.75, 3.05) is 0 Å². The summed E-state index contributed by atoms with van der Waals surface area (Å²) in [6, 6.07) is 3.71. The summed E-state index contributed by atoms with van der Waals surface area (Å²) in [6.45, 7) is 2.17. The number of aromatic nitrogens is 1. The summed E-state index contributed by atoms with van der Waals surface area (Å²) in [7, 11) is 0. The van der Waals surface area contributed by atoms with E-state index in [-0.39, 0.29) is 0 Å². The molecular weight excluding hydrogens is 162 g/mol. The molecule has 1 aliphatic carbocycles. The quantitative estimate of drug-likeness (QED) is 0.579. The van der Waals surface area contributed by atoms with Crippen LogP contribution in [-0.4, -0.2) is 11.3 Å². The zero-order valence-corrected chi connectivity index (χ0v) is 7.53. The van der Waals surface area contributed by atoms with Gasteiger partial charge >= 0.3 is 0 Å². The van der Waals surface area contributed by atoms with Gasteiger partial charge in [0.25, 0.3) is 0 Å². The molecule has 1 heterocycles. The fourth-order valence-corrected chi connectivity index (χ4v) is 1.54. The molecule has 0 amide bonds. The molecule has 0 aliphatic heterocycles. The van der Waals surface area contributed by atoms with Gasteiger partial charge in [-0.1, -0.05) is 25.1 Å². The lowest BCUT2D eigenvalue weighted by molar-refractivity contribution is 0.111. The first-order chi connectivity index (χ1) is 6.29. The number of hydrogen-bond acceptors (Lipinski definition) is 2. The van der Waals surface area contributed by atoms with Crippen molar-refractivity contribution in [2.45, 2.75) is 13.3 Å². The lowest BCUT2D eigenvalue weighted by Gasteiger charge is -2.06. The second kappa shape index (κ2) is 3.13. The van der Waals surface area contributed by atoms with Crippen molar-refractivity contribution in [2.24, 2.45) is 5.92 Å². The van der Waals surface area contributed by atoms with Gasteiger partial charge in [0.05, 0.1) is 5.35 Å². The molecule has 66 valence electrons. The van der Waals surface area contributed by atoms with E-state index in [0.29, 0.717) is 11.6 Å². The van der Waals surface area contributed by atoms with Gasteiger partial charge in [0.15, 0.2) is 6.29 Å². The average molecular weight is 173 g/mol. The predicted octanol–water partition coefficient (Wildman–Crippen LogP) is 0.495. The summed E-state index contributed by atoms with van der Waals surface area (Å²) in [5.74, 6) is 0.580. The molecule has 1 aromatic rings. The Kier molecular flexibility index (Phi) is 1.97. The molecular formula is C11H11NO. The number of rotatable bonds is 1. The molecule has 0 N–H and O–H groups in total. The largest absolute Gasteiger partial charge is 0.296 e. The van der Waals surface area contributed by atoms with Crippen molar-refractivity contribution >= 4 is 18.4 Å². The van der Waals surface area contributed by atoms with E-state index >= 15 is 0 Å². The van der Waals surface area contributed by atoms with Gasteiger partial charge in [-0.3, -0.25) is 4.79 Å². The summed E-state index contributed by atoms with van der Waals surface area (Å²) in [5, 5.41) is 2.09. The van der Waals surface area contributed by atoms with Gasteiger partial charge in [-0.2, -0.15) is 0 Å². The van der Waals surface area contributed by atoms with E-state index in [0.717, 1.165) is 23.3 Å². The minimum Gasteiger partial charge on any atom is -0.296 e. The molecule has 2 rings (SSSR count). The Morgan fingerprint density at radius 3 is 3.15 bits per heavy atom. The Morgan fingerprint density at radius 2 is 2.38 bits per heavy atom. The van der Waals surface area contributed by atoms with Crippen molar-refractivity contribution in [3.05, 3.63) is 28.4 Å². The van der Waals surface area contributed by atoms with E-state index in [4.69, 9.17) is 0 Å². The Labute approximate surface area is 76.6 Å². The fraction of sp³-hybridized carbons (Fsp3) is 0.273. The number of fused-ring (bicyclic) bond motifs is 1. The summed E-state index contributed by atoms with van der Waals surface area (Å²) in [6.07, 6.45) is 6.08. The molecule has 1 unspecified atom stereocenters. The maximum absolute atomic E-state index is 10.5. The lowest BCUT2D eigenvalue weighted by atomic mass is 10.0. The Bertz CT molecular complexity index is 448. The molecule has 0 radical (unpaired) electrons. The van der Waals surface area contributed by atoms with E-state index < -0.39 is 0 Å². The third-order valence-electron chi connectivity index (χ3n) is 2.25. The Morgan fingerprint density at radius 1 is 1.54 bits per heavy atom. The molecule has 0 saturated carbocycles. The van der Waals surface area contributed by atoms with Crippen molar-refractivity contribution < 1.29 is 4.79 Å². The van der Waals surface area contributed by atoms with Gasteiger partial charge < -0.3 is 0 Å². The number of carbonyl (C=O) groups is 1. The summed E-state index contributed by atoms with van der Waals surface area (Å²) >= 11 is 0. The second-order valence-corrected chi connectivity index (χ2v) is 3.41. The lowest BCUT2D eigenvalue weighted by Crippen LogP contribution is -2.32. The highest BCUT2D eigenvalue weighted by Gasteiger charge is 2.02. The highest BCUT2D eigenvalue weighted by molar-refractivity contribution is 5.71. The molecule has 1 atom stereocenters. The van der Waals surface area contributed by atoms with Gasteiger partial charge in [0, 0.05) is 0 Å². The highest BCUT2D eigenvalue weighted by atomic mass is 16.1. The molecule has 1 aliphatic rings.